The van der Waals surface area contributed by atoms with E-state index in [0.29, 0.717) is 5.75 Å². The van der Waals surface area contributed by atoms with Gasteiger partial charge >= 0.3 is 0 Å². The Bertz CT molecular complexity index is 312. The molecule has 0 saturated carbocycles. The minimum atomic E-state index is 0.403. The fraction of sp³-hybridized carbons (Fsp3) is 0.600. The van der Waals surface area contributed by atoms with Gasteiger partial charge in [-0.25, -0.2) is 0 Å². The molecule has 0 unspecified atom stereocenters. The fourth-order valence-corrected chi connectivity index (χ4v) is 1.99. The van der Waals surface area contributed by atoms with Crippen LogP contribution in [0.2, 0.25) is 0 Å². The van der Waals surface area contributed by atoms with Crippen molar-refractivity contribution >= 4 is 5.69 Å². The van der Waals surface area contributed by atoms with Crippen LogP contribution >= 0.6 is 0 Å². The molecule has 1 N–H and O–H groups in total. The van der Waals surface area contributed by atoms with Crippen molar-refractivity contribution in [2.45, 2.75) is 46.0 Å². The third-order valence-electron chi connectivity index (χ3n) is 3.04. The van der Waals surface area contributed by atoms with Gasteiger partial charge in [0.2, 0.25) is 0 Å². The van der Waals surface area contributed by atoms with Crippen molar-refractivity contribution in [3.8, 4) is 5.75 Å². The smallest absolute Gasteiger partial charge is 0.138 e. The highest BCUT2D eigenvalue weighted by atomic mass is 16.3. The molecule has 17 heavy (non-hydrogen) atoms. The quantitative estimate of drug-likeness (QED) is 0.683. The molecule has 1 rings (SSSR count). The SMILES string of the molecule is CCCCCN(CCCC)c1ccccc1O. The Labute approximate surface area is 105 Å². The first-order chi connectivity index (χ1) is 8.29. The molecular formula is C15H25NO. The molecule has 0 fully saturated rings. The maximum atomic E-state index is 9.90. The average molecular weight is 235 g/mol. The molecule has 1 aromatic carbocycles. The summed E-state index contributed by atoms with van der Waals surface area (Å²) in [7, 11) is 0. The minimum Gasteiger partial charge on any atom is -0.506 e. The van der Waals surface area contributed by atoms with E-state index in [0.717, 1.165) is 18.8 Å². The van der Waals surface area contributed by atoms with Gasteiger partial charge in [0, 0.05) is 13.1 Å². The van der Waals surface area contributed by atoms with Crippen molar-refractivity contribution in [2.24, 2.45) is 0 Å². The second-order valence-electron chi connectivity index (χ2n) is 4.54. The molecule has 0 saturated heterocycles. The second kappa shape index (κ2) is 7.99. The number of para-hydroxylation sites is 2. The molecule has 2 heteroatoms. The second-order valence-corrected chi connectivity index (χ2v) is 4.54. The van der Waals surface area contributed by atoms with Crippen molar-refractivity contribution in [1.29, 1.82) is 0 Å². The van der Waals surface area contributed by atoms with Crippen LogP contribution in [0.4, 0.5) is 5.69 Å². The van der Waals surface area contributed by atoms with Crippen molar-refractivity contribution < 1.29 is 5.11 Å². The van der Waals surface area contributed by atoms with E-state index < -0.39 is 0 Å². The lowest BCUT2D eigenvalue weighted by Crippen LogP contribution is -2.25. The molecule has 0 radical (unpaired) electrons. The highest BCUT2D eigenvalue weighted by molar-refractivity contribution is 5.57. The van der Waals surface area contributed by atoms with Crippen LogP contribution in [-0.4, -0.2) is 18.2 Å². The van der Waals surface area contributed by atoms with Crippen LogP contribution in [0.25, 0.3) is 0 Å². The fourth-order valence-electron chi connectivity index (χ4n) is 1.99. The lowest BCUT2D eigenvalue weighted by atomic mass is 10.2. The molecule has 0 atom stereocenters. The highest BCUT2D eigenvalue weighted by Crippen LogP contribution is 2.27. The van der Waals surface area contributed by atoms with Gasteiger partial charge in [0.05, 0.1) is 5.69 Å². The Morgan fingerprint density at radius 3 is 2.24 bits per heavy atom. The topological polar surface area (TPSA) is 23.5 Å². The molecule has 0 heterocycles. The van der Waals surface area contributed by atoms with Crippen LogP contribution in [-0.2, 0) is 0 Å². The van der Waals surface area contributed by atoms with Gasteiger partial charge in [0.15, 0.2) is 0 Å². The summed E-state index contributed by atoms with van der Waals surface area (Å²) in [6.07, 6.45) is 6.07. The third kappa shape index (κ3) is 4.68. The molecule has 0 spiro atoms. The zero-order valence-corrected chi connectivity index (χ0v) is 11.2. The normalized spacial score (nSPS) is 10.5. The van der Waals surface area contributed by atoms with Crippen LogP contribution < -0.4 is 4.90 Å². The zero-order valence-electron chi connectivity index (χ0n) is 11.2. The van der Waals surface area contributed by atoms with E-state index in [2.05, 4.69) is 18.7 Å². The minimum absolute atomic E-state index is 0.403. The lowest BCUT2D eigenvalue weighted by molar-refractivity contribution is 0.472. The van der Waals surface area contributed by atoms with Gasteiger partial charge in [0.25, 0.3) is 0 Å². The molecule has 96 valence electrons. The Morgan fingerprint density at radius 2 is 1.59 bits per heavy atom. The summed E-state index contributed by atoms with van der Waals surface area (Å²) in [4.78, 5) is 2.31. The Kier molecular flexibility index (Phi) is 6.53. The van der Waals surface area contributed by atoms with Crippen LogP contribution in [0.15, 0.2) is 24.3 Å². The standard InChI is InChI=1S/C15H25NO/c1-3-5-9-13-16(12-6-4-2)14-10-7-8-11-15(14)17/h7-8,10-11,17H,3-6,9,12-13H2,1-2H3. The number of hydrogen-bond acceptors (Lipinski definition) is 2. The number of phenols is 1. The van der Waals surface area contributed by atoms with E-state index in [4.69, 9.17) is 0 Å². The van der Waals surface area contributed by atoms with Crippen molar-refractivity contribution in [3.63, 3.8) is 0 Å². The Morgan fingerprint density at radius 1 is 0.941 bits per heavy atom. The number of rotatable bonds is 8. The Hall–Kier alpha value is -1.18. The van der Waals surface area contributed by atoms with Gasteiger partial charge in [0.1, 0.15) is 5.75 Å². The van der Waals surface area contributed by atoms with Gasteiger partial charge < -0.3 is 10.0 Å². The number of aromatic hydroxyl groups is 1. The van der Waals surface area contributed by atoms with Gasteiger partial charge in [-0.2, -0.15) is 0 Å². The molecule has 1 aromatic rings. The summed E-state index contributed by atoms with van der Waals surface area (Å²) in [5.74, 6) is 0.403. The number of hydrogen-bond donors (Lipinski definition) is 1. The lowest BCUT2D eigenvalue weighted by Gasteiger charge is -2.25. The summed E-state index contributed by atoms with van der Waals surface area (Å²) in [6.45, 7) is 6.51. The van der Waals surface area contributed by atoms with Crippen molar-refractivity contribution in [3.05, 3.63) is 24.3 Å². The maximum absolute atomic E-state index is 9.90. The van der Waals surface area contributed by atoms with Gasteiger partial charge in [-0.1, -0.05) is 45.2 Å². The maximum Gasteiger partial charge on any atom is 0.138 e. The van der Waals surface area contributed by atoms with Crippen LogP contribution in [0.5, 0.6) is 5.75 Å². The van der Waals surface area contributed by atoms with E-state index in [1.165, 1.54) is 32.1 Å². The predicted octanol–water partition coefficient (Wildman–Crippen LogP) is 4.19. The van der Waals surface area contributed by atoms with Crippen LogP contribution in [0.3, 0.4) is 0 Å². The van der Waals surface area contributed by atoms with Gasteiger partial charge in [-0.15, -0.1) is 0 Å². The molecule has 2 nitrogen and oxygen atoms in total. The molecule has 0 bridgehead atoms. The monoisotopic (exact) mass is 235 g/mol. The first-order valence-electron chi connectivity index (χ1n) is 6.82. The van der Waals surface area contributed by atoms with E-state index in [1.54, 1.807) is 6.07 Å². The largest absolute Gasteiger partial charge is 0.506 e. The van der Waals surface area contributed by atoms with Crippen LogP contribution in [0, 0.1) is 0 Å². The van der Waals surface area contributed by atoms with Crippen molar-refractivity contribution in [2.75, 3.05) is 18.0 Å². The molecule has 0 aliphatic carbocycles. The highest BCUT2D eigenvalue weighted by Gasteiger charge is 2.09. The average Bonchev–Trinajstić information content (AvgIpc) is 2.35. The number of anilines is 1. The molecular weight excluding hydrogens is 210 g/mol. The molecule has 0 aliphatic rings. The first kappa shape index (κ1) is 13.9. The Balaban J connectivity index is 2.64. The molecule has 0 aliphatic heterocycles. The summed E-state index contributed by atoms with van der Waals surface area (Å²) in [5, 5.41) is 9.90. The van der Waals surface area contributed by atoms with E-state index >= 15 is 0 Å². The van der Waals surface area contributed by atoms with Crippen LogP contribution in [0.1, 0.15) is 46.0 Å². The zero-order chi connectivity index (χ0) is 12.5. The summed E-state index contributed by atoms with van der Waals surface area (Å²) >= 11 is 0. The van der Waals surface area contributed by atoms with E-state index in [-0.39, 0.29) is 0 Å². The third-order valence-corrected chi connectivity index (χ3v) is 3.04. The van der Waals surface area contributed by atoms with E-state index in [1.807, 2.05) is 18.2 Å². The molecule has 0 aromatic heterocycles. The number of benzene rings is 1. The van der Waals surface area contributed by atoms with Crippen molar-refractivity contribution in [1.82, 2.24) is 0 Å². The summed E-state index contributed by atoms with van der Waals surface area (Å²) < 4.78 is 0. The predicted molar refractivity (Wildman–Crippen MR) is 74.8 cm³/mol. The molecule has 0 amide bonds. The number of unbranched alkanes of at least 4 members (excludes halogenated alkanes) is 3. The van der Waals surface area contributed by atoms with Gasteiger partial charge in [-0.3, -0.25) is 0 Å². The summed E-state index contributed by atoms with van der Waals surface area (Å²) in [6, 6.07) is 7.65. The first-order valence-corrected chi connectivity index (χ1v) is 6.82. The van der Waals surface area contributed by atoms with Gasteiger partial charge in [-0.05, 0) is 25.0 Å². The number of nitrogens with zero attached hydrogens (tertiary/aromatic N) is 1. The van der Waals surface area contributed by atoms with E-state index in [9.17, 15) is 5.11 Å². The summed E-state index contributed by atoms with van der Waals surface area (Å²) in [5.41, 5.74) is 0.983. The number of phenolic OH excluding ortho intramolecular Hbond substituents is 1.